The molecule has 1 N–H and O–H groups in total. The van der Waals surface area contributed by atoms with Gasteiger partial charge in [0.25, 0.3) is 5.91 Å². The van der Waals surface area contributed by atoms with E-state index in [4.69, 9.17) is 9.47 Å². The molecule has 34 heavy (non-hydrogen) atoms. The number of hydrogen-bond acceptors (Lipinski definition) is 4. The fourth-order valence-electron chi connectivity index (χ4n) is 4.07. The first-order valence-corrected chi connectivity index (χ1v) is 11.7. The zero-order valence-electron chi connectivity index (χ0n) is 19.1. The Hall–Kier alpha value is -3.64. The van der Waals surface area contributed by atoms with Crippen molar-refractivity contribution in [3.63, 3.8) is 0 Å². The van der Waals surface area contributed by atoms with E-state index in [2.05, 4.69) is 5.32 Å². The molecule has 1 aliphatic rings. The average molecular weight is 459 g/mol. The van der Waals surface area contributed by atoms with Crippen molar-refractivity contribution in [2.24, 2.45) is 0 Å². The highest BCUT2D eigenvalue weighted by molar-refractivity contribution is 5.89. The summed E-state index contributed by atoms with van der Waals surface area (Å²) in [6.07, 6.45) is 1.94. The lowest BCUT2D eigenvalue weighted by Gasteiger charge is -2.32. The number of para-hydroxylation sites is 1. The smallest absolute Gasteiger partial charge is 0.261 e. The number of amides is 2. The summed E-state index contributed by atoms with van der Waals surface area (Å²) in [5.74, 6) is 0.106. The Morgan fingerprint density at radius 1 is 0.941 bits per heavy atom. The summed E-state index contributed by atoms with van der Waals surface area (Å²) in [7, 11) is 0. The average Bonchev–Trinajstić information content (AvgIpc) is 3.41. The predicted octanol–water partition coefficient (Wildman–Crippen LogP) is 4.13. The van der Waals surface area contributed by atoms with Crippen molar-refractivity contribution >= 4 is 11.8 Å². The van der Waals surface area contributed by atoms with E-state index in [1.54, 1.807) is 17.0 Å². The third-order valence-corrected chi connectivity index (χ3v) is 5.82. The second kappa shape index (κ2) is 12.0. The van der Waals surface area contributed by atoms with Gasteiger partial charge in [0.1, 0.15) is 11.8 Å². The van der Waals surface area contributed by atoms with E-state index in [1.165, 1.54) is 0 Å². The van der Waals surface area contributed by atoms with Crippen molar-refractivity contribution in [2.45, 2.75) is 31.5 Å². The zero-order chi connectivity index (χ0) is 23.6. The first-order valence-electron chi connectivity index (χ1n) is 11.7. The summed E-state index contributed by atoms with van der Waals surface area (Å²) in [6, 6.07) is 27.5. The molecular weight excluding hydrogens is 428 g/mol. The second-order valence-electron chi connectivity index (χ2n) is 8.30. The number of carbonyl (C=O) groups is 2. The molecule has 176 valence electrons. The third kappa shape index (κ3) is 6.45. The molecule has 0 radical (unpaired) electrons. The van der Waals surface area contributed by atoms with Crippen LogP contribution < -0.4 is 10.1 Å². The van der Waals surface area contributed by atoms with Gasteiger partial charge in [-0.25, -0.2) is 0 Å². The summed E-state index contributed by atoms with van der Waals surface area (Å²) in [4.78, 5) is 28.6. The van der Waals surface area contributed by atoms with Crippen LogP contribution in [0.2, 0.25) is 0 Å². The highest BCUT2D eigenvalue weighted by atomic mass is 16.5. The first-order chi connectivity index (χ1) is 16.7. The van der Waals surface area contributed by atoms with Crippen LogP contribution in [0.25, 0.3) is 0 Å². The van der Waals surface area contributed by atoms with E-state index in [-0.39, 0.29) is 31.1 Å². The quantitative estimate of drug-likeness (QED) is 0.496. The minimum absolute atomic E-state index is 0.0139. The van der Waals surface area contributed by atoms with Gasteiger partial charge < -0.3 is 19.7 Å². The summed E-state index contributed by atoms with van der Waals surface area (Å²) in [5, 5.41) is 3.02. The van der Waals surface area contributed by atoms with Crippen LogP contribution in [0.4, 0.5) is 0 Å². The summed E-state index contributed by atoms with van der Waals surface area (Å²) in [6.45, 7) is 1.26. The molecule has 1 saturated heterocycles. The number of benzene rings is 3. The number of ether oxygens (including phenoxy) is 2. The zero-order valence-corrected chi connectivity index (χ0v) is 19.1. The van der Waals surface area contributed by atoms with E-state index in [0.717, 1.165) is 30.6 Å². The van der Waals surface area contributed by atoms with Gasteiger partial charge in [0.15, 0.2) is 6.61 Å². The van der Waals surface area contributed by atoms with Crippen LogP contribution in [-0.2, 0) is 20.9 Å². The van der Waals surface area contributed by atoms with Gasteiger partial charge in [-0.2, -0.15) is 0 Å². The maximum Gasteiger partial charge on any atom is 0.261 e. The van der Waals surface area contributed by atoms with E-state index in [9.17, 15) is 9.59 Å². The molecule has 0 spiro atoms. The normalized spacial score (nSPS) is 15.9. The Labute approximate surface area is 200 Å². The molecule has 1 aliphatic heterocycles. The van der Waals surface area contributed by atoms with Crippen LogP contribution in [0.1, 0.15) is 30.0 Å². The molecule has 1 heterocycles. The standard InChI is InChI=1S/C28H30N2O4/c31-26(21-34-24-15-8-3-9-16-24)30(20-22-11-4-1-5-12-22)27(23-13-6-2-7-14-23)28(32)29-19-25-17-10-18-33-25/h1-9,11-16,25,27H,10,17-21H2,(H,29,32)/t25-,27-/m1/s1. The molecular formula is C28H30N2O4. The van der Waals surface area contributed by atoms with Gasteiger partial charge in [0.2, 0.25) is 5.91 Å². The highest BCUT2D eigenvalue weighted by Crippen LogP contribution is 2.25. The van der Waals surface area contributed by atoms with E-state index < -0.39 is 6.04 Å². The van der Waals surface area contributed by atoms with Crippen LogP contribution in [-0.4, -0.2) is 42.6 Å². The number of nitrogens with one attached hydrogen (secondary N) is 1. The van der Waals surface area contributed by atoms with Crippen LogP contribution in [0.15, 0.2) is 91.0 Å². The van der Waals surface area contributed by atoms with Gasteiger partial charge in [0.05, 0.1) is 6.10 Å². The van der Waals surface area contributed by atoms with Crippen LogP contribution in [0, 0.1) is 0 Å². The van der Waals surface area contributed by atoms with Crippen molar-refractivity contribution in [1.29, 1.82) is 0 Å². The van der Waals surface area contributed by atoms with Gasteiger partial charge in [0, 0.05) is 19.7 Å². The fraction of sp³-hybridized carbons (Fsp3) is 0.286. The van der Waals surface area contributed by atoms with Gasteiger partial charge in [-0.05, 0) is 36.1 Å². The Morgan fingerprint density at radius 2 is 1.59 bits per heavy atom. The van der Waals surface area contributed by atoms with Crippen LogP contribution in [0.5, 0.6) is 5.75 Å². The molecule has 4 rings (SSSR count). The van der Waals surface area contributed by atoms with E-state index in [0.29, 0.717) is 12.3 Å². The molecule has 2 amide bonds. The molecule has 0 saturated carbocycles. The lowest BCUT2D eigenvalue weighted by atomic mass is 10.0. The van der Waals surface area contributed by atoms with Crippen molar-refractivity contribution in [1.82, 2.24) is 10.2 Å². The number of rotatable bonds is 10. The maximum absolute atomic E-state index is 13.5. The number of nitrogens with zero attached hydrogens (tertiary/aromatic N) is 1. The molecule has 0 bridgehead atoms. The highest BCUT2D eigenvalue weighted by Gasteiger charge is 2.32. The molecule has 3 aromatic rings. The van der Waals surface area contributed by atoms with Crippen molar-refractivity contribution < 1.29 is 19.1 Å². The maximum atomic E-state index is 13.5. The largest absolute Gasteiger partial charge is 0.484 e. The minimum atomic E-state index is -0.797. The summed E-state index contributed by atoms with van der Waals surface area (Å²) < 4.78 is 11.4. The van der Waals surface area contributed by atoms with Crippen LogP contribution in [0.3, 0.4) is 0 Å². The predicted molar refractivity (Wildman–Crippen MR) is 130 cm³/mol. The summed E-state index contributed by atoms with van der Waals surface area (Å²) >= 11 is 0. The topological polar surface area (TPSA) is 67.9 Å². The van der Waals surface area contributed by atoms with Crippen molar-refractivity contribution in [3.05, 3.63) is 102 Å². The third-order valence-electron chi connectivity index (χ3n) is 5.82. The number of hydrogen-bond donors (Lipinski definition) is 1. The lowest BCUT2D eigenvalue weighted by molar-refractivity contribution is -0.143. The van der Waals surface area contributed by atoms with Gasteiger partial charge in [-0.3, -0.25) is 9.59 Å². The fourth-order valence-corrected chi connectivity index (χ4v) is 4.07. The summed E-state index contributed by atoms with van der Waals surface area (Å²) in [5.41, 5.74) is 1.68. The Balaban J connectivity index is 1.58. The Kier molecular flexibility index (Phi) is 8.30. The second-order valence-corrected chi connectivity index (χ2v) is 8.30. The van der Waals surface area contributed by atoms with Gasteiger partial charge >= 0.3 is 0 Å². The molecule has 6 heteroatoms. The molecule has 0 aliphatic carbocycles. The Morgan fingerprint density at radius 3 is 2.24 bits per heavy atom. The molecule has 3 aromatic carbocycles. The molecule has 0 unspecified atom stereocenters. The lowest BCUT2D eigenvalue weighted by Crippen LogP contribution is -2.46. The minimum Gasteiger partial charge on any atom is -0.484 e. The van der Waals surface area contributed by atoms with Crippen molar-refractivity contribution in [2.75, 3.05) is 19.8 Å². The first kappa shape index (κ1) is 23.5. The van der Waals surface area contributed by atoms with Gasteiger partial charge in [-0.1, -0.05) is 78.9 Å². The molecule has 6 nitrogen and oxygen atoms in total. The SMILES string of the molecule is O=C(NC[C@H]1CCCO1)[C@@H](c1ccccc1)N(Cc1ccccc1)C(=O)COc1ccccc1. The van der Waals surface area contributed by atoms with Crippen molar-refractivity contribution in [3.8, 4) is 5.75 Å². The number of carbonyl (C=O) groups excluding carboxylic acids is 2. The molecule has 0 aromatic heterocycles. The molecule has 1 fully saturated rings. The van der Waals surface area contributed by atoms with Gasteiger partial charge in [-0.15, -0.1) is 0 Å². The van der Waals surface area contributed by atoms with E-state index in [1.807, 2.05) is 78.9 Å². The van der Waals surface area contributed by atoms with E-state index >= 15 is 0 Å². The van der Waals surface area contributed by atoms with Crippen LogP contribution >= 0.6 is 0 Å². The molecule has 2 atom stereocenters. The Bertz CT molecular complexity index is 1040. The monoisotopic (exact) mass is 458 g/mol.